The fourth-order valence-electron chi connectivity index (χ4n) is 3.89. The zero-order valence-electron chi connectivity index (χ0n) is 19.9. The minimum atomic E-state index is -0.795. The van der Waals surface area contributed by atoms with Crippen molar-refractivity contribution in [2.24, 2.45) is 0 Å². The summed E-state index contributed by atoms with van der Waals surface area (Å²) in [7, 11) is 3.77. The van der Waals surface area contributed by atoms with Crippen molar-refractivity contribution in [2.75, 3.05) is 33.8 Å². The predicted octanol–water partition coefficient (Wildman–Crippen LogP) is 3.78. The number of likely N-dealkylation sites (N-methyl/N-ethyl adjacent to an activating group) is 1. The summed E-state index contributed by atoms with van der Waals surface area (Å²) in [6.45, 7) is 7.10. The molecule has 1 atom stereocenters. The van der Waals surface area contributed by atoms with Crippen molar-refractivity contribution in [1.29, 1.82) is 0 Å². The summed E-state index contributed by atoms with van der Waals surface area (Å²) in [5, 5.41) is 21.7. The molecule has 0 bridgehead atoms. The Kier molecular flexibility index (Phi) is 7.43. The number of nitrogens with zero attached hydrogens (tertiary/aromatic N) is 2. The number of ether oxygens (including phenoxy) is 1. The summed E-state index contributed by atoms with van der Waals surface area (Å²) in [6, 6.07) is 9.61. The van der Waals surface area contributed by atoms with Crippen molar-refractivity contribution in [3.63, 3.8) is 0 Å². The molecular weight excluding hydrogens is 420 g/mol. The Labute approximate surface area is 194 Å². The average molecular weight is 453 g/mol. The van der Waals surface area contributed by atoms with Crippen LogP contribution in [0, 0.1) is 13.8 Å². The van der Waals surface area contributed by atoms with E-state index in [2.05, 4.69) is 0 Å². The standard InChI is InChI=1S/C26H32N2O5/c1-6-12-33-19-9-7-8-18(15-19)23-22(25(31)26(32)28(23)11-10-27(4)5)24(30)20-13-16(2)17(3)14-21(20)29/h7-9,13-15,23,29-30H,6,10-12H2,1-5H3/t23-/m1/s1. The number of Topliss-reactive ketones (excluding diaryl/α,β-unsaturated/α-hetero) is 1. The summed E-state index contributed by atoms with van der Waals surface area (Å²) in [6.07, 6.45) is 0.845. The molecule has 1 saturated heterocycles. The van der Waals surface area contributed by atoms with Crippen LogP contribution in [0.5, 0.6) is 11.5 Å². The topological polar surface area (TPSA) is 90.3 Å². The van der Waals surface area contributed by atoms with Crippen molar-refractivity contribution in [3.05, 3.63) is 64.2 Å². The number of aliphatic hydroxyl groups is 1. The number of ketones is 1. The van der Waals surface area contributed by atoms with Gasteiger partial charge in [-0.1, -0.05) is 19.1 Å². The van der Waals surface area contributed by atoms with Gasteiger partial charge in [-0.25, -0.2) is 0 Å². The van der Waals surface area contributed by atoms with E-state index in [9.17, 15) is 19.8 Å². The number of carbonyl (C=O) groups excluding carboxylic acids is 2. The molecule has 7 heteroatoms. The van der Waals surface area contributed by atoms with Crippen LogP contribution in [0.15, 0.2) is 42.0 Å². The van der Waals surface area contributed by atoms with Crippen LogP contribution in [0.3, 0.4) is 0 Å². The zero-order valence-corrected chi connectivity index (χ0v) is 19.9. The van der Waals surface area contributed by atoms with Crippen LogP contribution in [0.4, 0.5) is 0 Å². The lowest BCUT2D eigenvalue weighted by Crippen LogP contribution is -2.35. The summed E-state index contributed by atoms with van der Waals surface area (Å²) in [4.78, 5) is 29.6. The molecule has 0 saturated carbocycles. The van der Waals surface area contributed by atoms with Crippen LogP contribution in [-0.4, -0.2) is 65.5 Å². The molecule has 176 valence electrons. The highest BCUT2D eigenvalue weighted by atomic mass is 16.5. The minimum absolute atomic E-state index is 0.0371. The van der Waals surface area contributed by atoms with E-state index in [0.717, 1.165) is 17.5 Å². The molecule has 2 N–H and O–H groups in total. The second kappa shape index (κ2) is 10.1. The number of hydrogen-bond acceptors (Lipinski definition) is 6. The molecular formula is C26H32N2O5. The van der Waals surface area contributed by atoms with Crippen LogP contribution in [0.1, 0.15) is 41.6 Å². The first-order chi connectivity index (χ1) is 15.6. The lowest BCUT2D eigenvalue weighted by Gasteiger charge is -2.27. The van der Waals surface area contributed by atoms with Gasteiger partial charge in [-0.15, -0.1) is 0 Å². The number of carbonyl (C=O) groups is 2. The lowest BCUT2D eigenvalue weighted by atomic mass is 9.93. The van der Waals surface area contributed by atoms with Gasteiger partial charge in [0, 0.05) is 13.1 Å². The number of rotatable bonds is 8. The van der Waals surface area contributed by atoms with E-state index in [0.29, 0.717) is 31.0 Å². The number of amides is 1. The molecule has 2 aromatic carbocycles. The van der Waals surface area contributed by atoms with E-state index < -0.39 is 17.7 Å². The third kappa shape index (κ3) is 5.03. The molecule has 1 amide bonds. The van der Waals surface area contributed by atoms with Crippen molar-refractivity contribution in [2.45, 2.75) is 33.2 Å². The highest BCUT2D eigenvalue weighted by Crippen LogP contribution is 2.41. The number of hydrogen-bond donors (Lipinski definition) is 2. The van der Waals surface area contributed by atoms with E-state index in [1.165, 1.54) is 4.90 Å². The Hall–Kier alpha value is -3.32. The van der Waals surface area contributed by atoms with E-state index in [1.54, 1.807) is 24.3 Å². The molecule has 1 aliphatic heterocycles. The zero-order chi connectivity index (χ0) is 24.3. The predicted molar refractivity (Wildman–Crippen MR) is 127 cm³/mol. The van der Waals surface area contributed by atoms with Crippen molar-refractivity contribution < 1.29 is 24.5 Å². The first kappa shape index (κ1) is 24.3. The van der Waals surface area contributed by atoms with Gasteiger partial charge in [0.2, 0.25) is 0 Å². The first-order valence-electron chi connectivity index (χ1n) is 11.1. The molecule has 0 spiro atoms. The number of aryl methyl sites for hydroxylation is 2. The van der Waals surface area contributed by atoms with Crippen LogP contribution < -0.4 is 4.74 Å². The lowest BCUT2D eigenvalue weighted by molar-refractivity contribution is -0.140. The van der Waals surface area contributed by atoms with Gasteiger partial charge in [0.25, 0.3) is 11.7 Å². The molecule has 7 nitrogen and oxygen atoms in total. The van der Waals surface area contributed by atoms with Gasteiger partial charge in [-0.2, -0.15) is 0 Å². The second-order valence-electron chi connectivity index (χ2n) is 8.67. The summed E-state index contributed by atoms with van der Waals surface area (Å²) < 4.78 is 5.76. The number of likely N-dealkylation sites (tertiary alicyclic amines) is 1. The fourth-order valence-corrected chi connectivity index (χ4v) is 3.89. The Morgan fingerprint density at radius 2 is 1.82 bits per heavy atom. The maximum Gasteiger partial charge on any atom is 0.295 e. The van der Waals surface area contributed by atoms with Gasteiger partial charge >= 0.3 is 0 Å². The van der Waals surface area contributed by atoms with E-state index in [-0.39, 0.29) is 22.6 Å². The Morgan fingerprint density at radius 3 is 2.48 bits per heavy atom. The molecule has 0 aromatic heterocycles. The largest absolute Gasteiger partial charge is 0.507 e. The molecule has 0 aliphatic carbocycles. The number of benzene rings is 2. The SMILES string of the molecule is CCCOc1cccc([C@@H]2C(=C(O)c3cc(C)c(C)cc3O)C(=O)C(=O)N2CCN(C)C)c1. The molecule has 1 heterocycles. The monoisotopic (exact) mass is 452 g/mol. The Bertz CT molecular complexity index is 1090. The maximum atomic E-state index is 13.1. The Morgan fingerprint density at radius 1 is 1.12 bits per heavy atom. The first-order valence-corrected chi connectivity index (χ1v) is 11.1. The fraction of sp³-hybridized carbons (Fsp3) is 0.385. The molecule has 1 fully saturated rings. The summed E-state index contributed by atoms with van der Waals surface area (Å²) in [5.41, 5.74) is 2.46. The van der Waals surface area contributed by atoms with Gasteiger partial charge in [0.1, 0.15) is 17.3 Å². The molecule has 0 radical (unpaired) electrons. The van der Waals surface area contributed by atoms with E-state index in [4.69, 9.17) is 4.74 Å². The third-order valence-corrected chi connectivity index (χ3v) is 5.84. The highest BCUT2D eigenvalue weighted by Gasteiger charge is 2.46. The number of phenols is 1. The maximum absolute atomic E-state index is 13.1. The number of phenolic OH excluding ortho intramolecular Hbond substituents is 1. The van der Waals surface area contributed by atoms with Crippen LogP contribution in [-0.2, 0) is 9.59 Å². The van der Waals surface area contributed by atoms with Crippen LogP contribution in [0.25, 0.3) is 5.76 Å². The van der Waals surface area contributed by atoms with Gasteiger partial charge in [-0.3, -0.25) is 9.59 Å². The quantitative estimate of drug-likeness (QED) is 0.360. The van der Waals surface area contributed by atoms with Gasteiger partial charge < -0.3 is 24.7 Å². The average Bonchev–Trinajstić information content (AvgIpc) is 3.03. The minimum Gasteiger partial charge on any atom is -0.507 e. The van der Waals surface area contributed by atoms with Crippen molar-refractivity contribution >= 4 is 17.4 Å². The highest BCUT2D eigenvalue weighted by molar-refractivity contribution is 6.46. The molecule has 0 unspecified atom stereocenters. The molecule has 2 aromatic rings. The van der Waals surface area contributed by atoms with E-state index >= 15 is 0 Å². The second-order valence-corrected chi connectivity index (χ2v) is 8.67. The van der Waals surface area contributed by atoms with Crippen LogP contribution >= 0.6 is 0 Å². The van der Waals surface area contributed by atoms with Gasteiger partial charge in [0.05, 0.1) is 23.8 Å². The molecule has 3 rings (SSSR count). The smallest absolute Gasteiger partial charge is 0.295 e. The van der Waals surface area contributed by atoms with Crippen molar-refractivity contribution in [3.8, 4) is 11.5 Å². The van der Waals surface area contributed by atoms with Crippen LogP contribution in [0.2, 0.25) is 0 Å². The van der Waals surface area contributed by atoms with Gasteiger partial charge in [0.15, 0.2) is 0 Å². The number of aliphatic hydroxyl groups excluding tert-OH is 1. The van der Waals surface area contributed by atoms with Gasteiger partial charge in [-0.05, 0) is 75.3 Å². The summed E-state index contributed by atoms with van der Waals surface area (Å²) in [5.74, 6) is -1.35. The Balaban J connectivity index is 2.18. The molecule has 33 heavy (non-hydrogen) atoms. The normalized spacial score (nSPS) is 17.8. The third-order valence-electron chi connectivity index (χ3n) is 5.84. The number of aromatic hydroxyl groups is 1. The summed E-state index contributed by atoms with van der Waals surface area (Å²) >= 11 is 0. The van der Waals surface area contributed by atoms with Crippen molar-refractivity contribution in [1.82, 2.24) is 9.80 Å². The van der Waals surface area contributed by atoms with E-state index in [1.807, 2.05) is 51.9 Å². The molecule has 1 aliphatic rings.